The first kappa shape index (κ1) is 14.6. The zero-order valence-corrected chi connectivity index (χ0v) is 14.2. The fourth-order valence-corrected chi connectivity index (χ4v) is 3.43. The molecule has 4 heterocycles. The lowest BCUT2D eigenvalue weighted by Crippen LogP contribution is -2.59. The second-order valence-corrected chi connectivity index (χ2v) is 6.88. The third-order valence-electron chi connectivity index (χ3n) is 5.39. The molecule has 0 atom stereocenters. The minimum Gasteiger partial charge on any atom is -0.352 e. The first-order chi connectivity index (χ1) is 12.3. The molecule has 128 valence electrons. The van der Waals surface area contributed by atoms with Gasteiger partial charge in [0.15, 0.2) is 11.5 Å². The van der Waals surface area contributed by atoms with E-state index < -0.39 is 0 Å². The minimum absolute atomic E-state index is 0.418. The van der Waals surface area contributed by atoms with Crippen molar-refractivity contribution in [2.75, 3.05) is 29.9 Å². The van der Waals surface area contributed by atoms with Gasteiger partial charge in [0.1, 0.15) is 11.6 Å². The normalized spacial score (nSPS) is 18.2. The Bertz CT molecular complexity index is 882. The van der Waals surface area contributed by atoms with Crippen LogP contribution in [0.2, 0.25) is 0 Å². The number of aromatic nitrogens is 6. The average Bonchev–Trinajstić information content (AvgIpc) is 2.96. The van der Waals surface area contributed by atoms with Crippen molar-refractivity contribution in [1.29, 1.82) is 0 Å². The second kappa shape index (κ2) is 5.65. The van der Waals surface area contributed by atoms with Crippen LogP contribution in [-0.2, 0) is 0 Å². The van der Waals surface area contributed by atoms with Crippen molar-refractivity contribution in [3.63, 3.8) is 0 Å². The Labute approximate surface area is 145 Å². The fraction of sp³-hybridized carbons (Fsp3) is 0.471. The van der Waals surface area contributed by atoms with Crippen molar-refractivity contribution in [2.45, 2.75) is 31.2 Å². The van der Waals surface area contributed by atoms with Crippen molar-refractivity contribution in [3.05, 3.63) is 36.5 Å². The third-order valence-corrected chi connectivity index (χ3v) is 5.39. The van der Waals surface area contributed by atoms with Crippen molar-refractivity contribution in [3.8, 4) is 0 Å². The van der Waals surface area contributed by atoms with Gasteiger partial charge in [-0.2, -0.15) is 4.52 Å². The summed E-state index contributed by atoms with van der Waals surface area (Å²) in [4.78, 5) is 13.0. The molecule has 1 aliphatic heterocycles. The van der Waals surface area contributed by atoms with Crippen LogP contribution in [0.3, 0.4) is 0 Å². The van der Waals surface area contributed by atoms with E-state index in [2.05, 4.69) is 37.0 Å². The molecule has 8 heteroatoms. The first-order valence-electron chi connectivity index (χ1n) is 8.76. The van der Waals surface area contributed by atoms with Gasteiger partial charge in [-0.25, -0.2) is 4.98 Å². The highest BCUT2D eigenvalue weighted by Gasteiger charge is 2.32. The predicted octanol–water partition coefficient (Wildman–Crippen LogP) is 1.51. The van der Waals surface area contributed by atoms with Crippen LogP contribution in [0.5, 0.6) is 0 Å². The van der Waals surface area contributed by atoms with Crippen LogP contribution < -0.4 is 9.80 Å². The van der Waals surface area contributed by atoms with E-state index in [9.17, 15) is 0 Å². The van der Waals surface area contributed by atoms with Crippen molar-refractivity contribution < 1.29 is 0 Å². The van der Waals surface area contributed by atoms with Crippen LogP contribution in [0.4, 0.5) is 11.6 Å². The number of anilines is 2. The van der Waals surface area contributed by atoms with Crippen LogP contribution >= 0.6 is 0 Å². The molecule has 8 nitrogen and oxygen atoms in total. The van der Waals surface area contributed by atoms with Crippen LogP contribution in [0, 0.1) is 0 Å². The van der Waals surface area contributed by atoms with Crippen molar-refractivity contribution >= 4 is 17.3 Å². The van der Waals surface area contributed by atoms with Gasteiger partial charge >= 0.3 is 0 Å². The smallest absolute Gasteiger partial charge is 0.178 e. The maximum Gasteiger partial charge on any atom is 0.178 e. The number of nitrogens with zero attached hydrogens (tertiary/aromatic N) is 8. The van der Waals surface area contributed by atoms with Gasteiger partial charge < -0.3 is 9.80 Å². The lowest BCUT2D eigenvalue weighted by molar-refractivity contribution is 0.394. The second-order valence-electron chi connectivity index (χ2n) is 6.88. The van der Waals surface area contributed by atoms with Gasteiger partial charge in [0.2, 0.25) is 0 Å². The molecule has 0 N–H and O–H groups in total. The molecule has 0 unspecified atom stereocenters. The zero-order chi connectivity index (χ0) is 16.8. The van der Waals surface area contributed by atoms with Gasteiger partial charge in [0.25, 0.3) is 0 Å². The van der Waals surface area contributed by atoms with E-state index in [4.69, 9.17) is 5.10 Å². The largest absolute Gasteiger partial charge is 0.352 e. The van der Waals surface area contributed by atoms with E-state index in [0.717, 1.165) is 36.2 Å². The van der Waals surface area contributed by atoms with E-state index in [0.29, 0.717) is 12.0 Å². The Hall–Kier alpha value is -2.77. The summed E-state index contributed by atoms with van der Waals surface area (Å²) < 4.78 is 1.93. The summed E-state index contributed by atoms with van der Waals surface area (Å²) in [6.07, 6.45) is 8.90. The fourth-order valence-electron chi connectivity index (χ4n) is 3.43. The molecule has 1 aliphatic carbocycles. The SMILES string of the molecule is CN(c1cnccn1)C1CN(c2ccc3nnc(C4CCC4)n3n2)C1. The number of hydrogen-bond acceptors (Lipinski definition) is 7. The lowest BCUT2D eigenvalue weighted by atomic mass is 9.85. The molecular weight excluding hydrogens is 316 g/mol. The topological polar surface area (TPSA) is 75.3 Å². The molecule has 3 aromatic heterocycles. The van der Waals surface area contributed by atoms with Crippen molar-refractivity contribution in [1.82, 2.24) is 29.8 Å². The van der Waals surface area contributed by atoms with Gasteiger partial charge in [-0.3, -0.25) is 4.98 Å². The highest BCUT2D eigenvalue weighted by Crippen LogP contribution is 2.35. The van der Waals surface area contributed by atoms with Crippen molar-refractivity contribution in [2.24, 2.45) is 0 Å². The molecule has 1 saturated carbocycles. The van der Waals surface area contributed by atoms with Gasteiger partial charge in [-0.1, -0.05) is 6.42 Å². The summed E-state index contributed by atoms with van der Waals surface area (Å²) in [6.45, 7) is 1.85. The maximum absolute atomic E-state index is 4.80. The third kappa shape index (κ3) is 2.40. The Morgan fingerprint density at radius 2 is 2.00 bits per heavy atom. The van der Waals surface area contributed by atoms with Crippen LogP contribution in [0.1, 0.15) is 31.0 Å². The van der Waals surface area contributed by atoms with Gasteiger partial charge in [-0.05, 0) is 25.0 Å². The monoisotopic (exact) mass is 336 g/mol. The summed E-state index contributed by atoms with van der Waals surface area (Å²) in [5.74, 6) is 3.42. The molecule has 2 aliphatic rings. The zero-order valence-electron chi connectivity index (χ0n) is 14.2. The molecule has 25 heavy (non-hydrogen) atoms. The predicted molar refractivity (Wildman–Crippen MR) is 93.8 cm³/mol. The average molecular weight is 336 g/mol. The van der Waals surface area contributed by atoms with E-state index in [1.807, 2.05) is 16.6 Å². The highest BCUT2D eigenvalue weighted by molar-refractivity contribution is 5.50. The lowest BCUT2D eigenvalue weighted by Gasteiger charge is -2.44. The number of hydrogen-bond donors (Lipinski definition) is 0. The van der Waals surface area contributed by atoms with Crippen LogP contribution in [0.15, 0.2) is 30.7 Å². The maximum atomic E-state index is 4.80. The van der Waals surface area contributed by atoms with Gasteiger partial charge in [0, 0.05) is 38.4 Å². The van der Waals surface area contributed by atoms with Gasteiger partial charge in [0.05, 0.1) is 12.2 Å². The van der Waals surface area contributed by atoms with E-state index in [1.165, 1.54) is 19.3 Å². The van der Waals surface area contributed by atoms with Gasteiger partial charge in [-0.15, -0.1) is 15.3 Å². The van der Waals surface area contributed by atoms with Crippen LogP contribution in [0.25, 0.3) is 5.65 Å². The molecule has 2 fully saturated rings. The number of likely N-dealkylation sites (N-methyl/N-ethyl adjacent to an activating group) is 1. The summed E-state index contributed by atoms with van der Waals surface area (Å²) >= 11 is 0. The summed E-state index contributed by atoms with van der Waals surface area (Å²) in [5.41, 5.74) is 0.833. The summed E-state index contributed by atoms with van der Waals surface area (Å²) in [6, 6.07) is 4.46. The number of fused-ring (bicyclic) bond motifs is 1. The molecule has 0 spiro atoms. The standard InChI is InChI=1S/C17H20N8/c1-23(16-9-18-7-8-19-16)13-10-24(11-13)15-6-5-14-20-21-17(25(14)22-15)12-3-2-4-12/h5-9,12-13H,2-4,10-11H2,1H3. The molecule has 1 saturated heterocycles. The Balaban J connectivity index is 1.33. The molecule has 0 bridgehead atoms. The quantitative estimate of drug-likeness (QED) is 0.715. The molecule has 0 aromatic carbocycles. The molecule has 5 rings (SSSR count). The summed E-state index contributed by atoms with van der Waals surface area (Å²) in [7, 11) is 2.07. The molecule has 3 aromatic rings. The van der Waals surface area contributed by atoms with E-state index in [-0.39, 0.29) is 0 Å². The molecule has 0 radical (unpaired) electrons. The first-order valence-corrected chi connectivity index (χ1v) is 8.76. The van der Waals surface area contributed by atoms with E-state index >= 15 is 0 Å². The minimum atomic E-state index is 0.418. The van der Waals surface area contributed by atoms with Crippen LogP contribution in [-0.4, -0.2) is 56.0 Å². The molecule has 0 amide bonds. The van der Waals surface area contributed by atoms with E-state index in [1.54, 1.807) is 18.6 Å². The highest BCUT2D eigenvalue weighted by atomic mass is 15.4. The molecular formula is C17H20N8. The Morgan fingerprint density at radius 1 is 1.12 bits per heavy atom. The Morgan fingerprint density at radius 3 is 2.72 bits per heavy atom. The Kier molecular flexibility index (Phi) is 3.29. The summed E-state index contributed by atoms with van der Waals surface area (Å²) in [5, 5.41) is 13.4. The number of rotatable bonds is 4.